The molecule has 0 radical (unpaired) electrons. The highest BCUT2D eigenvalue weighted by atomic mass is 16.5. The van der Waals surface area contributed by atoms with Crippen LogP contribution in [0.3, 0.4) is 0 Å². The van der Waals surface area contributed by atoms with Crippen LogP contribution in [0, 0.1) is 0 Å². The van der Waals surface area contributed by atoms with Crippen LogP contribution in [-0.2, 0) is 6.42 Å². The molecule has 0 aliphatic carbocycles. The number of rotatable bonds is 4. The number of carbonyl (C=O) groups excluding carboxylic acids is 1. The van der Waals surface area contributed by atoms with E-state index in [0.717, 1.165) is 56.5 Å². The molecule has 23 heavy (non-hydrogen) atoms. The van der Waals surface area contributed by atoms with Crippen LogP contribution in [0.1, 0.15) is 66.9 Å². The van der Waals surface area contributed by atoms with E-state index in [-0.39, 0.29) is 11.9 Å². The Morgan fingerprint density at radius 2 is 2.30 bits per heavy atom. The van der Waals surface area contributed by atoms with Crippen molar-refractivity contribution >= 4 is 5.91 Å². The zero-order valence-corrected chi connectivity index (χ0v) is 13.6. The summed E-state index contributed by atoms with van der Waals surface area (Å²) < 4.78 is 5.43. The summed E-state index contributed by atoms with van der Waals surface area (Å²) in [5.74, 6) is 0.936. The molecule has 0 bridgehead atoms. The number of aryl methyl sites for hydroxylation is 1. The minimum absolute atomic E-state index is 0.000405. The first-order valence-electron chi connectivity index (χ1n) is 8.46. The Hall–Kier alpha value is -2.17. The lowest BCUT2D eigenvalue weighted by molar-refractivity contribution is 0.0673. The van der Waals surface area contributed by atoms with Crippen LogP contribution in [0.4, 0.5) is 0 Å². The van der Waals surface area contributed by atoms with Crippen molar-refractivity contribution in [2.24, 2.45) is 0 Å². The molecule has 1 fully saturated rings. The van der Waals surface area contributed by atoms with Crippen molar-refractivity contribution in [3.05, 3.63) is 47.6 Å². The van der Waals surface area contributed by atoms with Gasteiger partial charge < -0.3 is 9.42 Å². The fourth-order valence-electron chi connectivity index (χ4n) is 3.16. The molecule has 0 N–H and O–H groups in total. The Balaban J connectivity index is 1.86. The second-order valence-corrected chi connectivity index (χ2v) is 6.07. The SMILES string of the molecule is CCCc1cc([C@@H]2CCCCCN2C(=O)c2cccnc2)no1. The zero-order chi connectivity index (χ0) is 16.1. The van der Waals surface area contributed by atoms with Crippen molar-refractivity contribution < 1.29 is 9.32 Å². The minimum Gasteiger partial charge on any atom is -0.361 e. The molecule has 5 heteroatoms. The number of hydrogen-bond donors (Lipinski definition) is 0. The van der Waals surface area contributed by atoms with E-state index in [4.69, 9.17) is 4.52 Å². The van der Waals surface area contributed by atoms with Gasteiger partial charge in [-0.25, -0.2) is 0 Å². The van der Waals surface area contributed by atoms with Crippen molar-refractivity contribution in [2.45, 2.75) is 51.5 Å². The Morgan fingerprint density at radius 1 is 1.39 bits per heavy atom. The average Bonchev–Trinajstić information content (AvgIpc) is 2.91. The quantitative estimate of drug-likeness (QED) is 0.862. The molecule has 1 aliphatic heterocycles. The molecule has 0 aromatic carbocycles. The highest BCUT2D eigenvalue weighted by molar-refractivity contribution is 5.94. The summed E-state index contributed by atoms with van der Waals surface area (Å²) in [6.45, 7) is 2.88. The molecule has 2 aromatic heterocycles. The normalized spacial score (nSPS) is 18.7. The maximum atomic E-state index is 12.9. The number of carbonyl (C=O) groups is 1. The van der Waals surface area contributed by atoms with Crippen LogP contribution >= 0.6 is 0 Å². The summed E-state index contributed by atoms with van der Waals surface area (Å²) in [6, 6.07) is 5.64. The van der Waals surface area contributed by atoms with E-state index in [2.05, 4.69) is 17.1 Å². The van der Waals surface area contributed by atoms with Crippen LogP contribution in [0.2, 0.25) is 0 Å². The summed E-state index contributed by atoms with van der Waals surface area (Å²) >= 11 is 0. The van der Waals surface area contributed by atoms with Gasteiger partial charge >= 0.3 is 0 Å². The Labute approximate surface area is 136 Å². The van der Waals surface area contributed by atoms with Crippen molar-refractivity contribution in [3.8, 4) is 0 Å². The Morgan fingerprint density at radius 3 is 3.09 bits per heavy atom. The van der Waals surface area contributed by atoms with Crippen LogP contribution in [0.5, 0.6) is 0 Å². The molecule has 0 unspecified atom stereocenters. The van der Waals surface area contributed by atoms with Gasteiger partial charge in [-0.1, -0.05) is 24.9 Å². The molecule has 1 atom stereocenters. The van der Waals surface area contributed by atoms with E-state index < -0.39 is 0 Å². The Bertz CT molecular complexity index is 639. The Kier molecular flexibility index (Phi) is 5.05. The maximum Gasteiger partial charge on any atom is 0.255 e. The van der Waals surface area contributed by atoms with Gasteiger partial charge in [0.1, 0.15) is 11.5 Å². The summed E-state index contributed by atoms with van der Waals surface area (Å²) in [5.41, 5.74) is 1.52. The van der Waals surface area contributed by atoms with Gasteiger partial charge in [0, 0.05) is 31.4 Å². The summed E-state index contributed by atoms with van der Waals surface area (Å²) in [7, 11) is 0. The third-order valence-corrected chi connectivity index (χ3v) is 4.34. The molecule has 1 saturated heterocycles. The third kappa shape index (κ3) is 3.60. The predicted octanol–water partition coefficient (Wildman–Crippen LogP) is 3.78. The number of likely N-dealkylation sites (tertiary alicyclic amines) is 1. The van der Waals surface area contributed by atoms with Gasteiger partial charge in [0.25, 0.3) is 5.91 Å². The average molecular weight is 313 g/mol. The topological polar surface area (TPSA) is 59.2 Å². The minimum atomic E-state index is -0.000405. The summed E-state index contributed by atoms with van der Waals surface area (Å²) in [4.78, 5) is 18.9. The lowest BCUT2D eigenvalue weighted by Gasteiger charge is -2.28. The van der Waals surface area contributed by atoms with Crippen LogP contribution in [0.25, 0.3) is 0 Å². The molecule has 3 heterocycles. The smallest absolute Gasteiger partial charge is 0.255 e. The highest BCUT2D eigenvalue weighted by Gasteiger charge is 2.29. The van der Waals surface area contributed by atoms with Crippen LogP contribution < -0.4 is 0 Å². The van der Waals surface area contributed by atoms with Gasteiger partial charge in [0.2, 0.25) is 0 Å². The van der Waals surface area contributed by atoms with E-state index in [1.54, 1.807) is 18.5 Å². The van der Waals surface area contributed by atoms with Crippen molar-refractivity contribution in [3.63, 3.8) is 0 Å². The van der Waals surface area contributed by atoms with Crippen LogP contribution in [-0.4, -0.2) is 27.5 Å². The predicted molar refractivity (Wildman–Crippen MR) is 87.0 cm³/mol. The molecule has 3 rings (SSSR count). The molecule has 0 saturated carbocycles. The van der Waals surface area contributed by atoms with Crippen LogP contribution in [0.15, 0.2) is 35.1 Å². The van der Waals surface area contributed by atoms with Crippen molar-refractivity contribution in [2.75, 3.05) is 6.54 Å². The number of aromatic nitrogens is 2. The standard InChI is InChI=1S/C18H23N3O2/c1-2-7-15-12-16(20-23-15)17-9-4-3-5-11-21(17)18(22)14-8-6-10-19-13-14/h6,8,10,12-13,17H,2-5,7,9,11H2,1H3/t17-/m0/s1. The van der Waals surface area contributed by atoms with Gasteiger partial charge in [0.05, 0.1) is 11.6 Å². The second kappa shape index (κ2) is 7.40. The number of hydrogen-bond acceptors (Lipinski definition) is 4. The second-order valence-electron chi connectivity index (χ2n) is 6.07. The lowest BCUT2D eigenvalue weighted by atomic mass is 10.0. The molecular formula is C18H23N3O2. The van der Waals surface area contributed by atoms with Gasteiger partial charge in [-0.15, -0.1) is 0 Å². The molecular weight excluding hydrogens is 290 g/mol. The van der Waals surface area contributed by atoms with E-state index in [9.17, 15) is 4.79 Å². The molecule has 2 aromatic rings. The molecule has 122 valence electrons. The summed E-state index contributed by atoms with van der Waals surface area (Å²) in [5, 5.41) is 4.24. The maximum absolute atomic E-state index is 12.9. The van der Waals surface area contributed by atoms with E-state index in [1.807, 2.05) is 17.0 Å². The fourth-order valence-corrected chi connectivity index (χ4v) is 3.16. The lowest BCUT2D eigenvalue weighted by Crippen LogP contribution is -2.35. The van der Waals surface area contributed by atoms with E-state index in [0.29, 0.717) is 5.56 Å². The van der Waals surface area contributed by atoms with Gasteiger partial charge in [-0.3, -0.25) is 9.78 Å². The van der Waals surface area contributed by atoms with Gasteiger partial charge in [0.15, 0.2) is 0 Å². The first-order valence-corrected chi connectivity index (χ1v) is 8.46. The van der Waals surface area contributed by atoms with Gasteiger partial charge in [-0.2, -0.15) is 0 Å². The number of amides is 1. The first kappa shape index (κ1) is 15.7. The van der Waals surface area contributed by atoms with Gasteiger partial charge in [-0.05, 0) is 31.4 Å². The molecule has 5 nitrogen and oxygen atoms in total. The van der Waals surface area contributed by atoms with E-state index >= 15 is 0 Å². The number of nitrogens with zero attached hydrogens (tertiary/aromatic N) is 3. The summed E-state index contributed by atoms with van der Waals surface area (Å²) in [6.07, 6.45) is 9.45. The number of pyridine rings is 1. The molecule has 0 spiro atoms. The largest absolute Gasteiger partial charge is 0.361 e. The van der Waals surface area contributed by atoms with Crippen molar-refractivity contribution in [1.29, 1.82) is 0 Å². The molecule has 1 amide bonds. The fraction of sp³-hybridized carbons (Fsp3) is 0.500. The first-order chi connectivity index (χ1) is 11.3. The van der Waals surface area contributed by atoms with Crippen molar-refractivity contribution in [1.82, 2.24) is 15.0 Å². The zero-order valence-electron chi connectivity index (χ0n) is 13.6. The molecule has 1 aliphatic rings. The third-order valence-electron chi connectivity index (χ3n) is 4.34. The monoisotopic (exact) mass is 313 g/mol. The highest BCUT2D eigenvalue weighted by Crippen LogP contribution is 2.31. The van der Waals surface area contributed by atoms with E-state index in [1.165, 1.54) is 0 Å².